The van der Waals surface area contributed by atoms with Crippen molar-refractivity contribution in [3.05, 3.63) is 42.0 Å². The quantitative estimate of drug-likeness (QED) is 0.795. The molecular formula is C16H18N2O2. The number of nitrogens with one attached hydrogen (secondary N) is 1. The van der Waals surface area contributed by atoms with E-state index in [9.17, 15) is 9.90 Å². The first-order valence-corrected chi connectivity index (χ1v) is 6.92. The number of carbonyl (C=O) groups excluding carboxylic acids is 1. The molecule has 104 valence electrons. The molecule has 0 spiro atoms. The number of phenolic OH excluding ortho intramolecular Hbond substituents is 1. The summed E-state index contributed by atoms with van der Waals surface area (Å²) < 4.78 is 0. The highest BCUT2D eigenvalue weighted by molar-refractivity contribution is 6.03. The fourth-order valence-corrected chi connectivity index (χ4v) is 2.55. The van der Waals surface area contributed by atoms with Gasteiger partial charge in [0.2, 0.25) is 0 Å². The van der Waals surface area contributed by atoms with Crippen LogP contribution >= 0.6 is 0 Å². The molecule has 0 bridgehead atoms. The normalized spacial score (nSPS) is 16.1. The van der Waals surface area contributed by atoms with Gasteiger partial charge < -0.3 is 16.2 Å². The van der Waals surface area contributed by atoms with Crippen LogP contribution in [-0.2, 0) is 0 Å². The maximum absolute atomic E-state index is 12.3. The number of fused-ring (bicyclic) bond motifs is 1. The SMILES string of the molecule is NCC(NC(=O)c1ccc2ccccc2c1O)C1CC1. The summed E-state index contributed by atoms with van der Waals surface area (Å²) in [5.41, 5.74) is 6.00. The molecule has 4 heteroatoms. The number of rotatable bonds is 4. The number of hydrogen-bond acceptors (Lipinski definition) is 3. The predicted octanol–water partition coefficient (Wildman–Crippen LogP) is 2.01. The molecule has 0 heterocycles. The van der Waals surface area contributed by atoms with Crippen LogP contribution in [0.5, 0.6) is 5.75 Å². The maximum Gasteiger partial charge on any atom is 0.255 e. The first-order valence-electron chi connectivity index (χ1n) is 6.92. The molecule has 0 saturated heterocycles. The predicted molar refractivity (Wildman–Crippen MR) is 78.6 cm³/mol. The van der Waals surface area contributed by atoms with E-state index in [1.54, 1.807) is 6.07 Å². The first kappa shape index (κ1) is 12.9. The molecule has 1 fully saturated rings. The second-order valence-electron chi connectivity index (χ2n) is 5.34. The van der Waals surface area contributed by atoms with Gasteiger partial charge in [0.25, 0.3) is 5.91 Å². The molecule has 1 aliphatic rings. The molecular weight excluding hydrogens is 252 g/mol. The first-order chi connectivity index (χ1) is 9.70. The van der Waals surface area contributed by atoms with E-state index in [0.29, 0.717) is 23.4 Å². The Morgan fingerprint density at radius 1 is 1.30 bits per heavy atom. The van der Waals surface area contributed by atoms with Crippen LogP contribution in [0.1, 0.15) is 23.2 Å². The summed E-state index contributed by atoms with van der Waals surface area (Å²) in [4.78, 5) is 12.3. The summed E-state index contributed by atoms with van der Waals surface area (Å²) in [5, 5.41) is 14.8. The third-order valence-corrected chi connectivity index (χ3v) is 3.91. The van der Waals surface area contributed by atoms with E-state index < -0.39 is 0 Å². The molecule has 3 rings (SSSR count). The fraction of sp³-hybridized carbons (Fsp3) is 0.312. The largest absolute Gasteiger partial charge is 0.506 e. The van der Waals surface area contributed by atoms with Crippen molar-refractivity contribution in [3.63, 3.8) is 0 Å². The van der Waals surface area contributed by atoms with E-state index in [2.05, 4.69) is 5.32 Å². The van der Waals surface area contributed by atoms with Crippen LogP contribution in [0.4, 0.5) is 0 Å². The van der Waals surface area contributed by atoms with Crippen molar-refractivity contribution in [3.8, 4) is 5.75 Å². The number of aromatic hydroxyl groups is 1. The van der Waals surface area contributed by atoms with E-state index >= 15 is 0 Å². The monoisotopic (exact) mass is 270 g/mol. The number of amides is 1. The fourth-order valence-electron chi connectivity index (χ4n) is 2.55. The molecule has 4 nitrogen and oxygen atoms in total. The van der Waals surface area contributed by atoms with E-state index in [0.717, 1.165) is 18.2 Å². The highest BCUT2D eigenvalue weighted by atomic mass is 16.3. The van der Waals surface area contributed by atoms with Gasteiger partial charge in [-0.3, -0.25) is 4.79 Å². The second kappa shape index (κ2) is 5.13. The smallest absolute Gasteiger partial charge is 0.255 e. The number of hydrogen-bond donors (Lipinski definition) is 3. The van der Waals surface area contributed by atoms with Crippen molar-refractivity contribution in [2.24, 2.45) is 11.7 Å². The molecule has 0 radical (unpaired) electrons. The topological polar surface area (TPSA) is 75.3 Å². The van der Waals surface area contributed by atoms with Crippen LogP contribution in [0.2, 0.25) is 0 Å². The summed E-state index contributed by atoms with van der Waals surface area (Å²) in [6, 6.07) is 11.0. The average Bonchev–Trinajstić information content (AvgIpc) is 3.30. The van der Waals surface area contributed by atoms with Crippen LogP contribution in [0, 0.1) is 5.92 Å². The van der Waals surface area contributed by atoms with Crippen molar-refractivity contribution < 1.29 is 9.90 Å². The van der Waals surface area contributed by atoms with Crippen molar-refractivity contribution in [2.45, 2.75) is 18.9 Å². The lowest BCUT2D eigenvalue weighted by Gasteiger charge is -2.17. The van der Waals surface area contributed by atoms with Gasteiger partial charge in [-0.05, 0) is 30.2 Å². The van der Waals surface area contributed by atoms with Gasteiger partial charge in [0, 0.05) is 18.0 Å². The van der Waals surface area contributed by atoms with Gasteiger partial charge in [0.1, 0.15) is 5.75 Å². The Morgan fingerprint density at radius 3 is 2.75 bits per heavy atom. The molecule has 4 N–H and O–H groups in total. The second-order valence-corrected chi connectivity index (χ2v) is 5.34. The summed E-state index contributed by atoms with van der Waals surface area (Å²) in [7, 11) is 0. The zero-order valence-electron chi connectivity index (χ0n) is 11.2. The summed E-state index contributed by atoms with van der Waals surface area (Å²) >= 11 is 0. The van der Waals surface area contributed by atoms with E-state index in [-0.39, 0.29) is 17.7 Å². The van der Waals surface area contributed by atoms with Gasteiger partial charge in [-0.1, -0.05) is 30.3 Å². The zero-order chi connectivity index (χ0) is 14.1. The summed E-state index contributed by atoms with van der Waals surface area (Å²) in [6.45, 7) is 0.435. The van der Waals surface area contributed by atoms with Crippen molar-refractivity contribution in [1.82, 2.24) is 5.32 Å². The van der Waals surface area contributed by atoms with Crippen LogP contribution in [-0.4, -0.2) is 23.6 Å². The minimum atomic E-state index is -0.254. The third-order valence-electron chi connectivity index (χ3n) is 3.91. The van der Waals surface area contributed by atoms with E-state index in [4.69, 9.17) is 5.73 Å². The molecule has 0 aromatic heterocycles. The van der Waals surface area contributed by atoms with Crippen LogP contribution < -0.4 is 11.1 Å². The lowest BCUT2D eigenvalue weighted by molar-refractivity contribution is 0.0931. The summed E-state index contributed by atoms with van der Waals surface area (Å²) in [5.74, 6) is 0.273. The molecule has 1 aliphatic carbocycles. The van der Waals surface area contributed by atoms with Gasteiger partial charge >= 0.3 is 0 Å². The van der Waals surface area contributed by atoms with Crippen molar-refractivity contribution >= 4 is 16.7 Å². The number of benzene rings is 2. The highest BCUT2D eigenvalue weighted by Gasteiger charge is 2.31. The Morgan fingerprint density at radius 2 is 2.05 bits per heavy atom. The van der Waals surface area contributed by atoms with Crippen molar-refractivity contribution in [1.29, 1.82) is 0 Å². The van der Waals surface area contributed by atoms with Gasteiger partial charge in [-0.25, -0.2) is 0 Å². The highest BCUT2D eigenvalue weighted by Crippen LogP contribution is 2.33. The van der Waals surface area contributed by atoms with E-state index in [1.165, 1.54) is 0 Å². The maximum atomic E-state index is 12.3. The van der Waals surface area contributed by atoms with Crippen LogP contribution in [0.15, 0.2) is 36.4 Å². The Balaban J connectivity index is 1.89. The Labute approximate surface area is 117 Å². The lowest BCUT2D eigenvalue weighted by Crippen LogP contribution is -2.41. The number of carbonyl (C=O) groups is 1. The molecule has 1 amide bonds. The molecule has 20 heavy (non-hydrogen) atoms. The van der Waals surface area contributed by atoms with Crippen molar-refractivity contribution in [2.75, 3.05) is 6.54 Å². The third kappa shape index (κ3) is 2.34. The average molecular weight is 270 g/mol. The minimum absolute atomic E-state index is 0.00775. The Bertz CT molecular complexity index is 650. The standard InChI is InChI=1S/C16H18N2O2/c17-9-14(11-5-6-11)18-16(20)13-8-7-10-3-1-2-4-12(10)15(13)19/h1-4,7-8,11,14,19H,5-6,9,17H2,(H,18,20). The zero-order valence-corrected chi connectivity index (χ0v) is 11.2. The number of phenols is 1. The summed E-state index contributed by atoms with van der Waals surface area (Å²) in [6.07, 6.45) is 2.23. The Kier molecular flexibility index (Phi) is 3.32. The molecule has 2 aromatic rings. The number of nitrogens with two attached hydrogens (primary N) is 1. The molecule has 1 saturated carbocycles. The molecule has 1 unspecified atom stereocenters. The van der Waals surface area contributed by atoms with Gasteiger partial charge in [0.15, 0.2) is 0 Å². The Hall–Kier alpha value is -2.07. The van der Waals surface area contributed by atoms with Crippen LogP contribution in [0.25, 0.3) is 10.8 Å². The molecule has 1 atom stereocenters. The molecule has 0 aliphatic heterocycles. The van der Waals surface area contributed by atoms with Gasteiger partial charge in [0.05, 0.1) is 5.56 Å². The molecule has 2 aromatic carbocycles. The van der Waals surface area contributed by atoms with Gasteiger partial charge in [-0.2, -0.15) is 0 Å². The van der Waals surface area contributed by atoms with Gasteiger partial charge in [-0.15, -0.1) is 0 Å². The van der Waals surface area contributed by atoms with Crippen LogP contribution in [0.3, 0.4) is 0 Å². The lowest BCUT2D eigenvalue weighted by atomic mass is 10.0. The minimum Gasteiger partial charge on any atom is -0.506 e. The van der Waals surface area contributed by atoms with E-state index in [1.807, 2.05) is 30.3 Å².